The van der Waals surface area contributed by atoms with Gasteiger partial charge in [-0.25, -0.2) is 9.18 Å². The van der Waals surface area contributed by atoms with E-state index >= 15 is 0 Å². The van der Waals surface area contributed by atoms with Gasteiger partial charge in [-0.15, -0.1) is 0 Å². The molecule has 0 saturated heterocycles. The van der Waals surface area contributed by atoms with E-state index in [9.17, 15) is 18.4 Å². The van der Waals surface area contributed by atoms with Crippen molar-refractivity contribution in [1.82, 2.24) is 9.55 Å². The van der Waals surface area contributed by atoms with Gasteiger partial charge in [0.15, 0.2) is 0 Å². The van der Waals surface area contributed by atoms with Gasteiger partial charge < -0.3 is 0 Å². The molecule has 96 valence electrons. The molecule has 7 heteroatoms. The normalized spacial score (nSPS) is 10.2. The second-order valence-corrected chi connectivity index (χ2v) is 3.82. The number of nitrogens with zero attached hydrogens (tertiary/aromatic N) is 2. The summed E-state index contributed by atoms with van der Waals surface area (Å²) in [5.41, 5.74) is -1.52. The number of H-pyrrole nitrogens is 1. The summed E-state index contributed by atoms with van der Waals surface area (Å²) in [4.78, 5) is 24.1. The highest BCUT2D eigenvalue weighted by molar-refractivity contribution is 5.33. The standard InChI is InChI=1S/C12H7F2N3O2/c13-9-2-7(4-15)1-8(3-9)5-17-6-10(14)11(18)16-12(17)19/h1-3,6H,5H2,(H,16,18,19). The SMILES string of the molecule is N#Cc1cc(F)cc(Cn2cc(F)c(=O)[nH]c2=O)c1. The molecule has 0 aliphatic heterocycles. The zero-order valence-electron chi connectivity index (χ0n) is 9.48. The van der Waals surface area contributed by atoms with Crippen LogP contribution >= 0.6 is 0 Å². The van der Waals surface area contributed by atoms with Gasteiger partial charge in [0.25, 0.3) is 5.56 Å². The molecule has 19 heavy (non-hydrogen) atoms. The van der Waals surface area contributed by atoms with Gasteiger partial charge in [-0.1, -0.05) is 0 Å². The van der Waals surface area contributed by atoms with Gasteiger partial charge in [0.1, 0.15) is 5.82 Å². The second-order valence-electron chi connectivity index (χ2n) is 3.82. The van der Waals surface area contributed by atoms with Crippen molar-refractivity contribution in [1.29, 1.82) is 5.26 Å². The van der Waals surface area contributed by atoms with Crippen LogP contribution in [-0.4, -0.2) is 9.55 Å². The minimum atomic E-state index is -1.11. The van der Waals surface area contributed by atoms with Crippen molar-refractivity contribution in [3.8, 4) is 6.07 Å². The average Bonchev–Trinajstić information content (AvgIpc) is 2.35. The van der Waals surface area contributed by atoms with E-state index < -0.39 is 22.9 Å². The maximum absolute atomic E-state index is 13.2. The lowest BCUT2D eigenvalue weighted by Crippen LogP contribution is -2.31. The molecule has 0 fully saturated rings. The van der Waals surface area contributed by atoms with E-state index in [4.69, 9.17) is 5.26 Å². The van der Waals surface area contributed by atoms with Gasteiger partial charge in [-0.3, -0.25) is 14.3 Å². The highest BCUT2D eigenvalue weighted by atomic mass is 19.1. The predicted molar refractivity (Wildman–Crippen MR) is 61.5 cm³/mol. The molecular formula is C12H7F2N3O2. The first kappa shape index (κ1) is 12.7. The van der Waals surface area contributed by atoms with Gasteiger partial charge in [-0.05, 0) is 23.8 Å². The number of halogens is 2. The maximum Gasteiger partial charge on any atom is 0.328 e. The van der Waals surface area contributed by atoms with Crippen molar-refractivity contribution in [2.24, 2.45) is 0 Å². The summed E-state index contributed by atoms with van der Waals surface area (Å²) in [5.74, 6) is -1.75. The lowest BCUT2D eigenvalue weighted by Gasteiger charge is -2.05. The summed E-state index contributed by atoms with van der Waals surface area (Å²) in [6.07, 6.45) is 0.734. The lowest BCUT2D eigenvalue weighted by atomic mass is 10.1. The largest absolute Gasteiger partial charge is 0.328 e. The predicted octanol–water partition coefficient (Wildman–Crippen LogP) is 0.735. The first-order chi connectivity index (χ1) is 8.99. The van der Waals surface area contributed by atoms with Crippen molar-refractivity contribution in [3.05, 3.63) is 68.0 Å². The summed E-state index contributed by atoms with van der Waals surface area (Å²) in [6.45, 7) is -0.154. The Labute approximate surface area is 105 Å². The van der Waals surface area contributed by atoms with Crippen LogP contribution in [-0.2, 0) is 6.54 Å². The number of aromatic amines is 1. The van der Waals surface area contributed by atoms with Crippen LogP contribution in [0.5, 0.6) is 0 Å². The number of nitriles is 1. The van der Waals surface area contributed by atoms with Crippen LogP contribution in [0.4, 0.5) is 8.78 Å². The minimum absolute atomic E-state index is 0.0907. The Morgan fingerprint density at radius 3 is 2.68 bits per heavy atom. The fraction of sp³-hybridized carbons (Fsp3) is 0.0833. The van der Waals surface area contributed by atoms with E-state index in [0.29, 0.717) is 5.56 Å². The van der Waals surface area contributed by atoms with E-state index in [1.807, 2.05) is 0 Å². The molecule has 1 aromatic heterocycles. The topological polar surface area (TPSA) is 78.7 Å². The molecule has 0 amide bonds. The van der Waals surface area contributed by atoms with Gasteiger partial charge in [0.05, 0.1) is 24.4 Å². The summed E-state index contributed by atoms with van der Waals surface area (Å²) in [6, 6.07) is 5.31. The molecule has 2 rings (SSSR count). The third-order valence-electron chi connectivity index (χ3n) is 2.41. The molecule has 5 nitrogen and oxygen atoms in total. The Balaban J connectivity index is 2.45. The van der Waals surface area contributed by atoms with Crippen molar-refractivity contribution in [2.45, 2.75) is 6.54 Å². The molecule has 0 unspecified atom stereocenters. The molecule has 1 heterocycles. The highest BCUT2D eigenvalue weighted by Crippen LogP contribution is 2.09. The van der Waals surface area contributed by atoms with Crippen LogP contribution in [0.1, 0.15) is 11.1 Å². The number of rotatable bonds is 2. The summed E-state index contributed by atoms with van der Waals surface area (Å²) in [5, 5.41) is 8.69. The van der Waals surface area contributed by atoms with Gasteiger partial charge in [0, 0.05) is 0 Å². The van der Waals surface area contributed by atoms with Crippen LogP contribution < -0.4 is 11.2 Å². The van der Waals surface area contributed by atoms with Crippen LogP contribution in [0.3, 0.4) is 0 Å². The van der Waals surface area contributed by atoms with Crippen molar-refractivity contribution < 1.29 is 8.78 Å². The monoisotopic (exact) mass is 263 g/mol. The Kier molecular flexibility index (Phi) is 3.25. The molecule has 0 atom stereocenters. The molecule has 0 spiro atoms. The average molecular weight is 263 g/mol. The Morgan fingerprint density at radius 2 is 2.00 bits per heavy atom. The number of hydrogen-bond donors (Lipinski definition) is 1. The number of hydrogen-bond acceptors (Lipinski definition) is 3. The number of benzene rings is 1. The fourth-order valence-electron chi connectivity index (χ4n) is 1.60. The molecule has 0 radical (unpaired) electrons. The highest BCUT2D eigenvalue weighted by Gasteiger charge is 2.06. The van der Waals surface area contributed by atoms with Gasteiger partial charge >= 0.3 is 5.69 Å². The van der Waals surface area contributed by atoms with Crippen LogP contribution in [0.15, 0.2) is 34.0 Å². The molecule has 0 saturated carbocycles. The van der Waals surface area contributed by atoms with Crippen molar-refractivity contribution in [3.63, 3.8) is 0 Å². The molecular weight excluding hydrogens is 256 g/mol. The third kappa shape index (κ3) is 2.74. The Bertz CT molecular complexity index is 787. The van der Waals surface area contributed by atoms with E-state index in [1.54, 1.807) is 11.1 Å². The zero-order valence-corrected chi connectivity index (χ0v) is 9.48. The third-order valence-corrected chi connectivity index (χ3v) is 2.41. The van der Waals surface area contributed by atoms with E-state index in [-0.39, 0.29) is 12.1 Å². The smallest absolute Gasteiger partial charge is 0.293 e. The molecule has 0 aliphatic carbocycles. The molecule has 1 N–H and O–H groups in total. The minimum Gasteiger partial charge on any atom is -0.293 e. The van der Waals surface area contributed by atoms with Crippen LogP contribution in [0.2, 0.25) is 0 Å². The fourth-order valence-corrected chi connectivity index (χ4v) is 1.60. The van der Waals surface area contributed by atoms with Crippen molar-refractivity contribution >= 4 is 0 Å². The van der Waals surface area contributed by atoms with E-state index in [1.165, 1.54) is 6.07 Å². The van der Waals surface area contributed by atoms with Crippen LogP contribution in [0.25, 0.3) is 0 Å². The maximum atomic E-state index is 13.2. The van der Waals surface area contributed by atoms with Crippen molar-refractivity contribution in [2.75, 3.05) is 0 Å². The molecule has 1 aromatic carbocycles. The Hall–Kier alpha value is -2.75. The molecule has 0 aliphatic rings. The van der Waals surface area contributed by atoms with E-state index in [2.05, 4.69) is 0 Å². The van der Waals surface area contributed by atoms with Gasteiger partial charge in [0.2, 0.25) is 5.82 Å². The first-order valence-corrected chi connectivity index (χ1v) is 5.18. The summed E-state index contributed by atoms with van der Waals surface area (Å²) >= 11 is 0. The molecule has 2 aromatic rings. The quantitative estimate of drug-likeness (QED) is 0.867. The zero-order chi connectivity index (χ0) is 14.0. The van der Waals surface area contributed by atoms with E-state index in [0.717, 1.165) is 22.9 Å². The second kappa shape index (κ2) is 4.86. The Morgan fingerprint density at radius 1 is 1.26 bits per heavy atom. The van der Waals surface area contributed by atoms with Crippen LogP contribution in [0, 0.1) is 23.0 Å². The number of nitrogens with one attached hydrogen (secondary N) is 1. The van der Waals surface area contributed by atoms with Gasteiger partial charge in [-0.2, -0.15) is 9.65 Å². The molecule has 0 bridgehead atoms. The lowest BCUT2D eigenvalue weighted by molar-refractivity contribution is 0.564. The number of aromatic nitrogens is 2. The summed E-state index contributed by atoms with van der Waals surface area (Å²) < 4.78 is 27.1. The summed E-state index contributed by atoms with van der Waals surface area (Å²) in [7, 11) is 0. The first-order valence-electron chi connectivity index (χ1n) is 5.18.